The molecule has 0 aliphatic carbocycles. The van der Waals surface area contributed by atoms with Crippen LogP contribution < -0.4 is 15.5 Å². The van der Waals surface area contributed by atoms with E-state index >= 15 is 0 Å². The molecule has 0 aromatic heterocycles. The van der Waals surface area contributed by atoms with Crippen LogP contribution in [0.25, 0.3) is 0 Å². The van der Waals surface area contributed by atoms with Gasteiger partial charge in [-0.3, -0.25) is 9.59 Å². The minimum atomic E-state index is -0.870. The fraction of sp³-hybridized carbons (Fsp3) is 0.353. The number of hydrogen-bond donors (Lipinski definition) is 3. The Morgan fingerprint density at radius 1 is 1.32 bits per heavy atom. The van der Waals surface area contributed by atoms with Gasteiger partial charge in [-0.15, -0.1) is 6.58 Å². The van der Waals surface area contributed by atoms with Crippen molar-refractivity contribution in [2.24, 2.45) is 5.10 Å². The van der Waals surface area contributed by atoms with Crippen molar-refractivity contribution in [2.75, 3.05) is 27.4 Å². The van der Waals surface area contributed by atoms with Crippen LogP contribution in [-0.4, -0.2) is 50.5 Å². The zero-order valence-corrected chi connectivity index (χ0v) is 14.4. The van der Waals surface area contributed by atoms with Crippen LogP contribution in [0.4, 0.5) is 0 Å². The number of carbonyl (C=O) groups excluding carboxylic acids is 2. The first kappa shape index (κ1) is 20.2. The van der Waals surface area contributed by atoms with Crippen molar-refractivity contribution in [3.05, 3.63) is 35.9 Å². The van der Waals surface area contributed by atoms with Crippen molar-refractivity contribution in [1.29, 1.82) is 0 Å². The van der Waals surface area contributed by atoms with E-state index < -0.39 is 11.8 Å². The smallest absolute Gasteiger partial charge is 0.329 e. The molecular formula is C17H23N3O5. The van der Waals surface area contributed by atoms with Gasteiger partial charge >= 0.3 is 11.8 Å². The highest BCUT2D eigenvalue weighted by molar-refractivity contribution is 6.35. The van der Waals surface area contributed by atoms with E-state index in [1.807, 2.05) is 0 Å². The van der Waals surface area contributed by atoms with Crippen molar-refractivity contribution in [3.8, 4) is 11.5 Å². The van der Waals surface area contributed by atoms with Gasteiger partial charge in [0, 0.05) is 25.8 Å². The second-order valence-corrected chi connectivity index (χ2v) is 5.03. The molecule has 0 unspecified atom stereocenters. The minimum absolute atomic E-state index is 0.0269. The average molecular weight is 349 g/mol. The van der Waals surface area contributed by atoms with Crippen LogP contribution in [0.5, 0.6) is 11.5 Å². The van der Waals surface area contributed by atoms with Crippen LogP contribution in [-0.2, 0) is 20.7 Å². The van der Waals surface area contributed by atoms with Crippen LogP contribution >= 0.6 is 0 Å². The molecule has 1 aromatic rings. The minimum Gasteiger partial charge on any atom is -0.504 e. The molecule has 0 spiro atoms. The lowest BCUT2D eigenvalue weighted by molar-refractivity contribution is -0.139. The number of nitrogens with one attached hydrogen (secondary N) is 2. The molecule has 0 bridgehead atoms. The molecule has 0 aliphatic heterocycles. The quantitative estimate of drug-likeness (QED) is 0.200. The van der Waals surface area contributed by atoms with E-state index in [1.165, 1.54) is 13.3 Å². The number of aromatic hydroxyl groups is 1. The normalized spacial score (nSPS) is 10.5. The highest BCUT2D eigenvalue weighted by Crippen LogP contribution is 2.31. The number of benzene rings is 1. The number of ether oxygens (including phenoxy) is 2. The number of methoxy groups -OCH3 is 2. The van der Waals surface area contributed by atoms with Crippen LogP contribution in [0.3, 0.4) is 0 Å². The summed E-state index contributed by atoms with van der Waals surface area (Å²) < 4.78 is 9.94. The number of amides is 2. The average Bonchev–Trinajstić information content (AvgIpc) is 2.61. The summed E-state index contributed by atoms with van der Waals surface area (Å²) in [6.45, 7) is 4.46. The Morgan fingerprint density at radius 3 is 2.72 bits per heavy atom. The molecule has 3 N–H and O–H groups in total. The van der Waals surface area contributed by atoms with Crippen molar-refractivity contribution >= 4 is 18.0 Å². The highest BCUT2D eigenvalue weighted by Gasteiger charge is 2.12. The van der Waals surface area contributed by atoms with Gasteiger partial charge in [0.1, 0.15) is 0 Å². The summed E-state index contributed by atoms with van der Waals surface area (Å²) in [4.78, 5) is 23.1. The molecule has 0 saturated heterocycles. The van der Waals surface area contributed by atoms with Gasteiger partial charge in [0.15, 0.2) is 11.5 Å². The number of allylic oxidation sites excluding steroid dienone is 1. The topological polar surface area (TPSA) is 109 Å². The third-order valence-electron chi connectivity index (χ3n) is 3.16. The molecule has 8 nitrogen and oxygen atoms in total. The fourth-order valence-corrected chi connectivity index (χ4v) is 1.95. The van der Waals surface area contributed by atoms with Crippen LogP contribution in [0.2, 0.25) is 0 Å². The molecule has 1 rings (SSSR count). The van der Waals surface area contributed by atoms with E-state index in [9.17, 15) is 14.7 Å². The first-order chi connectivity index (χ1) is 12.0. The third kappa shape index (κ3) is 6.64. The summed E-state index contributed by atoms with van der Waals surface area (Å²) in [5, 5.41) is 16.2. The van der Waals surface area contributed by atoms with E-state index in [0.29, 0.717) is 37.1 Å². The van der Waals surface area contributed by atoms with E-state index in [-0.39, 0.29) is 11.5 Å². The summed E-state index contributed by atoms with van der Waals surface area (Å²) in [5.74, 6) is -1.34. The molecule has 0 atom stereocenters. The maximum Gasteiger partial charge on any atom is 0.329 e. The Hall–Kier alpha value is -2.87. The van der Waals surface area contributed by atoms with Gasteiger partial charge in [-0.05, 0) is 30.5 Å². The maximum atomic E-state index is 11.6. The predicted octanol–water partition coefficient (Wildman–Crippen LogP) is 0.732. The second kappa shape index (κ2) is 10.8. The summed E-state index contributed by atoms with van der Waals surface area (Å²) in [7, 11) is 2.99. The molecule has 0 heterocycles. The molecule has 25 heavy (non-hydrogen) atoms. The van der Waals surface area contributed by atoms with Gasteiger partial charge in [0.2, 0.25) is 0 Å². The number of hydrogen-bond acceptors (Lipinski definition) is 6. The Labute approximate surface area is 146 Å². The number of rotatable bonds is 9. The summed E-state index contributed by atoms with van der Waals surface area (Å²) in [5.41, 5.74) is 3.34. The fourth-order valence-electron chi connectivity index (χ4n) is 1.95. The van der Waals surface area contributed by atoms with Gasteiger partial charge in [0.25, 0.3) is 0 Å². The lowest BCUT2D eigenvalue weighted by atomic mass is 10.1. The first-order valence-corrected chi connectivity index (χ1v) is 7.64. The van der Waals surface area contributed by atoms with Crippen molar-refractivity contribution < 1.29 is 24.2 Å². The number of phenolic OH excluding ortho intramolecular Hbond substituents is 1. The third-order valence-corrected chi connectivity index (χ3v) is 3.16. The van der Waals surface area contributed by atoms with Crippen molar-refractivity contribution in [2.45, 2.75) is 12.8 Å². The molecule has 0 saturated carbocycles. The summed E-state index contributed by atoms with van der Waals surface area (Å²) >= 11 is 0. The van der Waals surface area contributed by atoms with Gasteiger partial charge in [0.05, 0.1) is 13.3 Å². The Morgan fingerprint density at radius 2 is 2.08 bits per heavy atom. The molecule has 136 valence electrons. The van der Waals surface area contributed by atoms with Gasteiger partial charge in [-0.25, -0.2) is 5.43 Å². The highest BCUT2D eigenvalue weighted by atomic mass is 16.5. The number of hydrazone groups is 1. The van der Waals surface area contributed by atoms with Gasteiger partial charge in [-0.1, -0.05) is 6.08 Å². The standard InChI is InChI=1S/C17H23N3O5/c1-4-6-13-9-12(10-14(25-3)15(13)21)11-19-20-17(23)16(22)18-7-5-8-24-2/h4,9-11,21H,1,5-8H2,2-3H3,(H,18,22)(H,20,23)/b19-11+. The zero-order valence-electron chi connectivity index (χ0n) is 14.4. The van der Waals surface area contributed by atoms with Gasteiger partial charge < -0.3 is 19.9 Å². The first-order valence-electron chi connectivity index (χ1n) is 7.64. The number of carbonyl (C=O) groups is 2. The van der Waals surface area contributed by atoms with E-state index in [4.69, 9.17) is 9.47 Å². The van der Waals surface area contributed by atoms with Crippen LogP contribution in [0.15, 0.2) is 29.9 Å². The van der Waals surface area contributed by atoms with E-state index in [0.717, 1.165) is 0 Å². The monoisotopic (exact) mass is 349 g/mol. The maximum absolute atomic E-state index is 11.6. The Bertz CT molecular complexity index is 643. The Balaban J connectivity index is 2.66. The van der Waals surface area contributed by atoms with Crippen molar-refractivity contribution in [3.63, 3.8) is 0 Å². The van der Waals surface area contributed by atoms with E-state index in [2.05, 4.69) is 22.4 Å². The van der Waals surface area contributed by atoms with Gasteiger partial charge in [-0.2, -0.15) is 5.10 Å². The molecular weight excluding hydrogens is 326 g/mol. The lowest BCUT2D eigenvalue weighted by Crippen LogP contribution is -2.38. The SMILES string of the molecule is C=CCc1cc(/C=N/NC(=O)C(=O)NCCCOC)cc(OC)c1O. The largest absolute Gasteiger partial charge is 0.504 e. The molecule has 0 fully saturated rings. The number of nitrogens with zero attached hydrogens (tertiary/aromatic N) is 1. The van der Waals surface area contributed by atoms with Crippen LogP contribution in [0, 0.1) is 0 Å². The van der Waals surface area contributed by atoms with Crippen LogP contribution in [0.1, 0.15) is 17.5 Å². The number of phenols is 1. The molecule has 0 aliphatic rings. The summed E-state index contributed by atoms with van der Waals surface area (Å²) in [6.07, 6.45) is 4.05. The van der Waals surface area contributed by atoms with E-state index in [1.54, 1.807) is 25.3 Å². The molecule has 2 amide bonds. The zero-order chi connectivity index (χ0) is 18.7. The second-order valence-electron chi connectivity index (χ2n) is 5.03. The van der Waals surface area contributed by atoms with Crippen molar-refractivity contribution in [1.82, 2.24) is 10.7 Å². The predicted molar refractivity (Wildman–Crippen MR) is 93.8 cm³/mol. The summed E-state index contributed by atoms with van der Waals surface area (Å²) in [6, 6.07) is 3.24. The molecule has 8 heteroatoms. The lowest BCUT2D eigenvalue weighted by Gasteiger charge is -2.09. The molecule has 0 radical (unpaired) electrons. The Kier molecular flexibility index (Phi) is 8.73. The molecule has 1 aromatic carbocycles.